The summed E-state index contributed by atoms with van der Waals surface area (Å²) in [6.07, 6.45) is 6.32. The minimum Gasteiger partial charge on any atom is -0.339 e. The maximum Gasteiger partial charge on any atom is 0.257 e. The van der Waals surface area contributed by atoms with Crippen molar-refractivity contribution in [2.75, 3.05) is 11.9 Å². The van der Waals surface area contributed by atoms with Gasteiger partial charge in [0.2, 0.25) is 5.91 Å². The molecule has 1 aromatic heterocycles. The van der Waals surface area contributed by atoms with E-state index in [2.05, 4.69) is 22.1 Å². The summed E-state index contributed by atoms with van der Waals surface area (Å²) in [6, 6.07) is 9.48. The van der Waals surface area contributed by atoms with Gasteiger partial charge in [-0.3, -0.25) is 14.9 Å². The van der Waals surface area contributed by atoms with Crippen molar-refractivity contribution in [3.05, 3.63) is 47.0 Å². The van der Waals surface area contributed by atoms with E-state index in [-0.39, 0.29) is 11.8 Å². The van der Waals surface area contributed by atoms with E-state index in [4.69, 9.17) is 0 Å². The van der Waals surface area contributed by atoms with Gasteiger partial charge in [-0.1, -0.05) is 38.0 Å². The summed E-state index contributed by atoms with van der Waals surface area (Å²) in [5.41, 5.74) is 1.34. The highest BCUT2D eigenvalue weighted by Gasteiger charge is 2.39. The first-order valence-electron chi connectivity index (χ1n) is 10.2. The normalized spacial score (nSPS) is 24.5. The molecule has 5 nitrogen and oxygen atoms in total. The van der Waals surface area contributed by atoms with Crippen molar-refractivity contribution >= 4 is 28.3 Å². The summed E-state index contributed by atoms with van der Waals surface area (Å²) in [6.45, 7) is 3.20. The Labute approximate surface area is 170 Å². The second-order valence-electron chi connectivity index (χ2n) is 8.01. The fourth-order valence-corrected chi connectivity index (χ4v) is 5.39. The van der Waals surface area contributed by atoms with Crippen LogP contribution in [0.1, 0.15) is 55.1 Å². The van der Waals surface area contributed by atoms with Crippen LogP contribution < -0.4 is 5.32 Å². The van der Waals surface area contributed by atoms with Gasteiger partial charge in [0.15, 0.2) is 5.13 Å². The van der Waals surface area contributed by atoms with Crippen molar-refractivity contribution in [2.24, 2.45) is 11.8 Å². The number of amides is 2. The van der Waals surface area contributed by atoms with Gasteiger partial charge in [0.1, 0.15) is 0 Å². The number of rotatable bonds is 4. The zero-order chi connectivity index (χ0) is 19.5. The number of hydrogen-bond donors (Lipinski definition) is 1. The number of nitrogens with one attached hydrogen (secondary N) is 1. The SMILES string of the molecule is CC1CCN(C(=O)Cc2csc(NC(=O)c3ccccc3)n2)C2CCCCC12. The Balaban J connectivity index is 1.38. The molecule has 0 radical (unpaired) electrons. The molecule has 0 spiro atoms. The van der Waals surface area contributed by atoms with E-state index in [1.165, 1.54) is 30.6 Å². The molecule has 28 heavy (non-hydrogen) atoms. The van der Waals surface area contributed by atoms with Gasteiger partial charge >= 0.3 is 0 Å². The van der Waals surface area contributed by atoms with Gasteiger partial charge in [0.05, 0.1) is 12.1 Å². The second-order valence-corrected chi connectivity index (χ2v) is 8.87. The highest BCUT2D eigenvalue weighted by Crippen LogP contribution is 2.39. The number of nitrogens with zero attached hydrogens (tertiary/aromatic N) is 2. The maximum absolute atomic E-state index is 13.0. The summed E-state index contributed by atoms with van der Waals surface area (Å²) in [5, 5.41) is 5.25. The average Bonchev–Trinajstić information content (AvgIpc) is 3.15. The molecule has 148 valence electrons. The molecule has 2 aromatic rings. The first-order chi connectivity index (χ1) is 13.6. The van der Waals surface area contributed by atoms with E-state index < -0.39 is 0 Å². The summed E-state index contributed by atoms with van der Waals surface area (Å²) < 4.78 is 0. The summed E-state index contributed by atoms with van der Waals surface area (Å²) in [4.78, 5) is 31.8. The topological polar surface area (TPSA) is 62.3 Å². The fraction of sp³-hybridized carbons (Fsp3) is 0.500. The first-order valence-corrected chi connectivity index (χ1v) is 11.1. The smallest absolute Gasteiger partial charge is 0.257 e. The van der Waals surface area contributed by atoms with Gasteiger partial charge in [-0.05, 0) is 43.2 Å². The standard InChI is InChI=1S/C22H27N3O2S/c1-15-11-12-25(19-10-6-5-9-18(15)19)20(26)13-17-14-28-22(23-17)24-21(27)16-7-3-2-4-8-16/h2-4,7-8,14-15,18-19H,5-6,9-13H2,1H3,(H,23,24,27). The molecule has 1 aromatic carbocycles. The molecule has 2 heterocycles. The van der Waals surface area contributed by atoms with Crippen LogP contribution >= 0.6 is 11.3 Å². The van der Waals surface area contributed by atoms with Crippen LogP contribution in [0.5, 0.6) is 0 Å². The zero-order valence-corrected chi connectivity index (χ0v) is 17.1. The van der Waals surface area contributed by atoms with Crippen LogP contribution in [0.4, 0.5) is 5.13 Å². The van der Waals surface area contributed by atoms with Gasteiger partial charge in [0.25, 0.3) is 5.91 Å². The number of benzene rings is 1. The Kier molecular flexibility index (Phi) is 5.76. The molecule has 4 rings (SSSR count). The lowest BCUT2D eigenvalue weighted by molar-refractivity contribution is -0.138. The van der Waals surface area contributed by atoms with Crippen molar-refractivity contribution < 1.29 is 9.59 Å². The van der Waals surface area contributed by atoms with E-state index in [0.717, 1.165) is 25.1 Å². The number of fused-ring (bicyclic) bond motifs is 1. The molecule has 0 bridgehead atoms. The number of piperidine rings is 1. The molecule has 2 aliphatic rings. The van der Waals surface area contributed by atoms with Crippen LogP contribution in [0.15, 0.2) is 35.7 Å². The zero-order valence-electron chi connectivity index (χ0n) is 16.3. The summed E-state index contributed by atoms with van der Waals surface area (Å²) in [7, 11) is 0. The summed E-state index contributed by atoms with van der Waals surface area (Å²) >= 11 is 1.37. The number of likely N-dealkylation sites (tertiary alicyclic amines) is 1. The van der Waals surface area contributed by atoms with E-state index in [1.807, 2.05) is 23.6 Å². The van der Waals surface area contributed by atoms with Crippen molar-refractivity contribution in [1.29, 1.82) is 0 Å². The lowest BCUT2D eigenvalue weighted by Crippen LogP contribution is -2.52. The predicted octanol–water partition coefficient (Wildman–Crippen LogP) is 4.37. The van der Waals surface area contributed by atoms with Crippen molar-refractivity contribution in [2.45, 2.75) is 51.5 Å². The van der Waals surface area contributed by atoms with Crippen LogP contribution in [0.2, 0.25) is 0 Å². The van der Waals surface area contributed by atoms with Crippen molar-refractivity contribution in [3.8, 4) is 0 Å². The molecular weight excluding hydrogens is 370 g/mol. The van der Waals surface area contributed by atoms with Gasteiger partial charge < -0.3 is 4.90 Å². The van der Waals surface area contributed by atoms with Crippen LogP contribution in [0.25, 0.3) is 0 Å². The molecule has 3 atom stereocenters. The number of carbonyl (C=O) groups is 2. The Hall–Kier alpha value is -2.21. The van der Waals surface area contributed by atoms with Crippen molar-refractivity contribution in [1.82, 2.24) is 9.88 Å². The van der Waals surface area contributed by atoms with Gasteiger partial charge in [-0.15, -0.1) is 11.3 Å². The van der Waals surface area contributed by atoms with E-state index in [1.54, 1.807) is 12.1 Å². The maximum atomic E-state index is 13.0. The monoisotopic (exact) mass is 397 g/mol. The van der Waals surface area contributed by atoms with E-state index in [0.29, 0.717) is 35.0 Å². The number of anilines is 1. The average molecular weight is 398 g/mol. The molecule has 2 amide bonds. The molecular formula is C22H27N3O2S. The minimum absolute atomic E-state index is 0.176. The molecule has 1 N–H and O–H groups in total. The van der Waals surface area contributed by atoms with Crippen LogP contribution in [-0.4, -0.2) is 34.3 Å². The molecule has 1 aliphatic carbocycles. The Morgan fingerprint density at radius 3 is 2.79 bits per heavy atom. The molecule has 2 fully saturated rings. The number of hydrogen-bond acceptors (Lipinski definition) is 4. The van der Waals surface area contributed by atoms with Crippen LogP contribution in [-0.2, 0) is 11.2 Å². The molecule has 1 saturated heterocycles. The van der Waals surface area contributed by atoms with Gasteiger partial charge in [-0.2, -0.15) is 0 Å². The van der Waals surface area contributed by atoms with E-state index >= 15 is 0 Å². The van der Waals surface area contributed by atoms with Crippen LogP contribution in [0, 0.1) is 11.8 Å². The summed E-state index contributed by atoms with van der Waals surface area (Å²) in [5.74, 6) is 1.37. The number of aromatic nitrogens is 1. The molecule has 3 unspecified atom stereocenters. The minimum atomic E-state index is -0.178. The predicted molar refractivity (Wildman–Crippen MR) is 111 cm³/mol. The third kappa shape index (κ3) is 4.12. The third-order valence-electron chi connectivity index (χ3n) is 6.20. The second kappa shape index (κ2) is 8.43. The largest absolute Gasteiger partial charge is 0.339 e. The Morgan fingerprint density at radius 2 is 1.96 bits per heavy atom. The highest BCUT2D eigenvalue weighted by atomic mass is 32.1. The molecule has 6 heteroatoms. The van der Waals surface area contributed by atoms with Crippen molar-refractivity contribution in [3.63, 3.8) is 0 Å². The highest BCUT2D eigenvalue weighted by molar-refractivity contribution is 7.14. The third-order valence-corrected chi connectivity index (χ3v) is 7.01. The lowest BCUT2D eigenvalue weighted by Gasteiger charge is -2.47. The number of carbonyl (C=O) groups excluding carboxylic acids is 2. The first kappa shape index (κ1) is 19.1. The quantitative estimate of drug-likeness (QED) is 0.833. The lowest BCUT2D eigenvalue weighted by atomic mass is 9.72. The fourth-order valence-electron chi connectivity index (χ4n) is 4.68. The van der Waals surface area contributed by atoms with Gasteiger partial charge in [-0.25, -0.2) is 4.98 Å². The van der Waals surface area contributed by atoms with Gasteiger partial charge in [0, 0.05) is 23.5 Å². The number of thiazole rings is 1. The van der Waals surface area contributed by atoms with Crippen LogP contribution in [0.3, 0.4) is 0 Å². The molecule has 1 aliphatic heterocycles. The Bertz CT molecular complexity index is 835. The van der Waals surface area contributed by atoms with E-state index in [9.17, 15) is 9.59 Å². The Morgan fingerprint density at radius 1 is 1.18 bits per heavy atom. The molecule has 1 saturated carbocycles.